The Morgan fingerprint density at radius 1 is 0.864 bits per heavy atom. The Morgan fingerprint density at radius 3 is 2.32 bits per heavy atom. The largest absolute Gasteiger partial charge is 0.496 e. The summed E-state index contributed by atoms with van der Waals surface area (Å²) in [5.41, 5.74) is 3.66. The molecule has 0 saturated heterocycles. The summed E-state index contributed by atoms with van der Waals surface area (Å²) in [5.74, 6) is 2.24. The second kappa shape index (κ2) is 12.0. The fraction of sp³-hybridized carbons (Fsp3) is 0.278. The van der Waals surface area contributed by atoms with Gasteiger partial charge in [0, 0.05) is 11.6 Å². The molecule has 44 heavy (non-hydrogen) atoms. The maximum Gasteiger partial charge on any atom is 0.262 e. The molecular formula is C36H37NO6S. The average Bonchev–Trinajstić information content (AvgIpc) is 3.03. The molecule has 0 aromatic heterocycles. The number of sulfonamides is 1. The summed E-state index contributed by atoms with van der Waals surface area (Å²) in [6.45, 7) is 3.53. The Labute approximate surface area is 258 Å². The van der Waals surface area contributed by atoms with Crippen LogP contribution in [0.4, 0.5) is 5.69 Å². The van der Waals surface area contributed by atoms with E-state index < -0.39 is 22.2 Å². The van der Waals surface area contributed by atoms with E-state index in [0.717, 1.165) is 41.5 Å². The van der Waals surface area contributed by atoms with Crippen molar-refractivity contribution in [2.45, 2.75) is 50.2 Å². The van der Waals surface area contributed by atoms with Gasteiger partial charge in [-0.15, -0.1) is 0 Å². The van der Waals surface area contributed by atoms with Crippen LogP contribution in [0.5, 0.6) is 17.2 Å². The minimum Gasteiger partial charge on any atom is -0.496 e. The van der Waals surface area contributed by atoms with Gasteiger partial charge < -0.3 is 19.3 Å². The Balaban J connectivity index is 1.23. The van der Waals surface area contributed by atoms with Crippen molar-refractivity contribution in [1.29, 1.82) is 0 Å². The Morgan fingerprint density at radius 2 is 1.61 bits per heavy atom. The van der Waals surface area contributed by atoms with E-state index in [9.17, 15) is 13.5 Å². The van der Waals surface area contributed by atoms with E-state index in [2.05, 4.69) is 29.0 Å². The number of aliphatic hydroxyl groups is 1. The topological polar surface area (TPSA) is 94.1 Å². The number of nitrogens with one attached hydrogen (secondary N) is 1. The first kappa shape index (κ1) is 29.8. The molecule has 5 aromatic rings. The third kappa shape index (κ3) is 5.55. The van der Waals surface area contributed by atoms with E-state index in [1.54, 1.807) is 70.5 Å². The van der Waals surface area contributed by atoms with Gasteiger partial charge in [-0.1, -0.05) is 42.5 Å². The van der Waals surface area contributed by atoms with Gasteiger partial charge in [-0.3, -0.25) is 4.72 Å². The zero-order chi connectivity index (χ0) is 31.0. The molecular weight excluding hydrogens is 574 g/mol. The molecule has 0 aliphatic heterocycles. The molecule has 0 radical (unpaired) electrons. The Bertz CT molecular complexity index is 1940. The zero-order valence-electron chi connectivity index (χ0n) is 25.3. The van der Waals surface area contributed by atoms with Gasteiger partial charge in [-0.25, -0.2) is 8.42 Å². The minimum atomic E-state index is -3.72. The lowest BCUT2D eigenvalue weighted by Crippen LogP contribution is -2.39. The van der Waals surface area contributed by atoms with Gasteiger partial charge in [0.15, 0.2) is 0 Å². The van der Waals surface area contributed by atoms with Crippen LogP contribution in [0.15, 0.2) is 89.8 Å². The van der Waals surface area contributed by atoms with Crippen molar-refractivity contribution >= 4 is 37.3 Å². The van der Waals surface area contributed by atoms with Crippen molar-refractivity contribution < 1.29 is 27.7 Å². The summed E-state index contributed by atoms with van der Waals surface area (Å²) in [5, 5.41) is 15.2. The molecule has 0 amide bonds. The van der Waals surface area contributed by atoms with Crippen molar-refractivity contribution in [2.24, 2.45) is 5.92 Å². The number of fused-ring (bicyclic) bond motifs is 5. The standard InChI is InChI=1S/C36H37NO6S/c1-22-8-5-6-11-34(22)44(39,40)37-26-14-16-27(17-15-26)43-36(23(2)38)25-13-18-28-24(20-25)12-19-29-30-9-7-10-32(41-3)35(30)33(42-4)21-31(28)29/h5-12,14-17,19,21,23,25,36-38H,13,18,20H2,1-4H3/t23?,25-,36?/m0/s1. The summed E-state index contributed by atoms with van der Waals surface area (Å²) in [4.78, 5) is 0.242. The number of methoxy groups -OCH3 is 2. The highest BCUT2D eigenvalue weighted by Gasteiger charge is 2.32. The highest BCUT2D eigenvalue weighted by Crippen LogP contribution is 2.43. The van der Waals surface area contributed by atoms with Crippen LogP contribution in [0.1, 0.15) is 30.0 Å². The lowest BCUT2D eigenvalue weighted by molar-refractivity contribution is 0.00657. The number of anilines is 1. The molecule has 8 heteroatoms. The van der Waals surface area contributed by atoms with Crippen LogP contribution in [-0.2, 0) is 22.9 Å². The molecule has 0 fully saturated rings. The average molecular weight is 612 g/mol. The number of hydrogen-bond acceptors (Lipinski definition) is 6. The second-order valence-corrected chi connectivity index (χ2v) is 13.1. The third-order valence-corrected chi connectivity index (χ3v) is 10.2. The molecule has 1 aliphatic carbocycles. The molecule has 0 spiro atoms. The highest BCUT2D eigenvalue weighted by molar-refractivity contribution is 7.92. The number of ether oxygens (including phenoxy) is 3. The normalized spacial score (nSPS) is 16.2. The van der Waals surface area contributed by atoms with E-state index in [1.807, 2.05) is 18.2 Å². The first-order chi connectivity index (χ1) is 21.2. The maximum atomic E-state index is 12.9. The van der Waals surface area contributed by atoms with E-state index in [0.29, 0.717) is 17.0 Å². The summed E-state index contributed by atoms with van der Waals surface area (Å²) < 4.78 is 46.3. The summed E-state index contributed by atoms with van der Waals surface area (Å²) >= 11 is 0. The van der Waals surface area contributed by atoms with Gasteiger partial charge >= 0.3 is 0 Å². The lowest BCUT2D eigenvalue weighted by Gasteiger charge is -2.34. The minimum absolute atomic E-state index is 0.0987. The van der Waals surface area contributed by atoms with E-state index in [1.165, 1.54) is 21.9 Å². The monoisotopic (exact) mass is 611 g/mol. The van der Waals surface area contributed by atoms with Gasteiger partial charge in [0.1, 0.15) is 23.4 Å². The van der Waals surface area contributed by atoms with Crippen LogP contribution in [0.2, 0.25) is 0 Å². The summed E-state index contributed by atoms with van der Waals surface area (Å²) in [6.07, 6.45) is 1.35. The number of hydrogen-bond donors (Lipinski definition) is 2. The number of rotatable bonds is 9. The van der Waals surface area contributed by atoms with Crippen LogP contribution in [0, 0.1) is 12.8 Å². The van der Waals surface area contributed by atoms with Crippen LogP contribution in [0.25, 0.3) is 21.5 Å². The van der Waals surface area contributed by atoms with Crippen molar-refractivity contribution in [3.05, 3.63) is 102 Å². The van der Waals surface area contributed by atoms with Crippen LogP contribution in [-0.4, -0.2) is 40.0 Å². The van der Waals surface area contributed by atoms with Crippen LogP contribution >= 0.6 is 0 Å². The SMILES string of the molecule is COc1cccc2c1c(OC)cc1c3c(ccc12)C[C@@H](C(Oc1ccc(NS(=O)(=O)c2ccccc2C)cc1)C(C)O)CC3. The Hall–Kier alpha value is -4.27. The molecule has 1 aliphatic rings. The van der Waals surface area contributed by atoms with E-state index in [4.69, 9.17) is 14.2 Å². The number of aryl methyl sites for hydroxylation is 2. The highest BCUT2D eigenvalue weighted by atomic mass is 32.2. The van der Waals surface area contributed by atoms with Gasteiger partial charge in [0.25, 0.3) is 10.0 Å². The molecule has 2 N–H and O–H groups in total. The van der Waals surface area contributed by atoms with Gasteiger partial charge in [0.2, 0.25) is 0 Å². The Kier molecular flexibility index (Phi) is 8.14. The quantitative estimate of drug-likeness (QED) is 0.174. The molecule has 5 aromatic carbocycles. The smallest absolute Gasteiger partial charge is 0.262 e. The van der Waals surface area contributed by atoms with Gasteiger partial charge in [-0.05, 0) is 108 Å². The predicted octanol–water partition coefficient (Wildman–Crippen LogP) is 7.05. The fourth-order valence-electron chi connectivity index (χ4n) is 6.55. The molecule has 3 atom stereocenters. The molecule has 228 valence electrons. The van der Waals surface area contributed by atoms with Crippen LogP contribution < -0.4 is 18.9 Å². The van der Waals surface area contributed by atoms with Crippen molar-refractivity contribution in [1.82, 2.24) is 0 Å². The molecule has 0 heterocycles. The molecule has 6 rings (SSSR count). The lowest BCUT2D eigenvalue weighted by atomic mass is 9.77. The number of aliphatic hydroxyl groups excluding tert-OH is 1. The number of benzene rings is 5. The van der Waals surface area contributed by atoms with E-state index in [-0.39, 0.29) is 10.8 Å². The fourth-order valence-corrected chi connectivity index (χ4v) is 7.86. The van der Waals surface area contributed by atoms with Gasteiger partial charge in [0.05, 0.1) is 30.6 Å². The maximum absolute atomic E-state index is 12.9. The van der Waals surface area contributed by atoms with Crippen molar-refractivity contribution in [2.75, 3.05) is 18.9 Å². The van der Waals surface area contributed by atoms with Gasteiger partial charge in [-0.2, -0.15) is 0 Å². The van der Waals surface area contributed by atoms with Crippen molar-refractivity contribution in [3.8, 4) is 17.2 Å². The first-order valence-corrected chi connectivity index (χ1v) is 16.3. The van der Waals surface area contributed by atoms with Crippen LogP contribution in [0.3, 0.4) is 0 Å². The molecule has 2 unspecified atom stereocenters. The molecule has 7 nitrogen and oxygen atoms in total. The third-order valence-electron chi connectivity index (χ3n) is 8.68. The summed E-state index contributed by atoms with van der Waals surface area (Å²) in [6, 6.07) is 26.3. The molecule has 0 saturated carbocycles. The van der Waals surface area contributed by atoms with E-state index >= 15 is 0 Å². The second-order valence-electron chi connectivity index (χ2n) is 11.5. The van der Waals surface area contributed by atoms with Crippen molar-refractivity contribution in [3.63, 3.8) is 0 Å². The summed E-state index contributed by atoms with van der Waals surface area (Å²) in [7, 11) is -0.355. The first-order valence-electron chi connectivity index (χ1n) is 14.8. The molecule has 0 bridgehead atoms. The zero-order valence-corrected chi connectivity index (χ0v) is 26.1. The predicted molar refractivity (Wildman–Crippen MR) is 175 cm³/mol.